The Morgan fingerprint density at radius 2 is 1.88 bits per heavy atom. The molecule has 5 unspecified atom stereocenters. The van der Waals surface area contributed by atoms with Crippen molar-refractivity contribution in [3.05, 3.63) is 39.2 Å². The minimum Gasteiger partial charge on any atom is -0.493 e. The second kappa shape index (κ2) is 10.1. The van der Waals surface area contributed by atoms with Crippen molar-refractivity contribution in [3.8, 4) is 5.75 Å². The Hall–Kier alpha value is -2.30. The van der Waals surface area contributed by atoms with Gasteiger partial charge in [0, 0.05) is 6.07 Å². The van der Waals surface area contributed by atoms with Crippen LogP contribution in [0.1, 0.15) is 49.7 Å². The number of benzene rings is 1. The lowest BCUT2D eigenvalue weighted by molar-refractivity contribution is -0.231. The van der Waals surface area contributed by atoms with E-state index in [9.17, 15) is 30.0 Å². The highest BCUT2D eigenvalue weighted by Gasteiger charge is 2.46. The minimum absolute atomic E-state index is 0.0737. The molecule has 0 saturated carbocycles. The van der Waals surface area contributed by atoms with Gasteiger partial charge in [-0.05, 0) is 31.9 Å². The Labute approximate surface area is 185 Å². The van der Waals surface area contributed by atoms with Crippen molar-refractivity contribution in [1.29, 1.82) is 0 Å². The number of unbranched alkanes of at least 4 members (excludes halogenated alkanes) is 1. The van der Waals surface area contributed by atoms with Crippen LogP contribution in [-0.2, 0) is 16.0 Å². The van der Waals surface area contributed by atoms with Gasteiger partial charge in [0.25, 0.3) is 0 Å². The summed E-state index contributed by atoms with van der Waals surface area (Å²) in [7, 11) is 0. The SMILES string of the molecule is CCCCOc1cc(C)c2c(=O)cc(CC(C)=O)oc2c1C1OC(CO)C(O)C(O)C1O. The maximum Gasteiger partial charge on any atom is 0.193 e. The summed E-state index contributed by atoms with van der Waals surface area (Å²) in [5.74, 6) is 0.232. The summed E-state index contributed by atoms with van der Waals surface area (Å²) in [5, 5.41) is 41.1. The third-order valence-electron chi connectivity index (χ3n) is 5.61. The Bertz CT molecular complexity index is 1030. The minimum atomic E-state index is -1.61. The third kappa shape index (κ3) is 4.72. The Morgan fingerprint density at radius 3 is 2.50 bits per heavy atom. The van der Waals surface area contributed by atoms with Crippen molar-refractivity contribution in [3.63, 3.8) is 0 Å². The number of carbonyl (C=O) groups is 1. The molecule has 1 aromatic carbocycles. The van der Waals surface area contributed by atoms with Crippen LogP contribution in [0.3, 0.4) is 0 Å². The number of aliphatic hydroxyl groups is 4. The Kier molecular flexibility index (Phi) is 7.68. The predicted octanol–water partition coefficient (Wildman–Crippen LogP) is 0.927. The first-order chi connectivity index (χ1) is 15.2. The molecule has 1 aliphatic rings. The van der Waals surface area contributed by atoms with E-state index in [0.29, 0.717) is 12.2 Å². The highest BCUT2D eigenvalue weighted by atomic mass is 16.5. The first kappa shape index (κ1) is 24.3. The summed E-state index contributed by atoms with van der Waals surface area (Å²) in [6.45, 7) is 4.84. The van der Waals surface area contributed by atoms with Gasteiger partial charge in [-0.15, -0.1) is 0 Å². The van der Waals surface area contributed by atoms with E-state index in [4.69, 9.17) is 13.9 Å². The fourth-order valence-electron chi connectivity index (χ4n) is 3.95. The summed E-state index contributed by atoms with van der Waals surface area (Å²) in [6, 6.07) is 2.89. The predicted molar refractivity (Wildman–Crippen MR) is 115 cm³/mol. The maximum atomic E-state index is 12.9. The topological polar surface area (TPSA) is 147 Å². The molecular formula is C23H30O9. The normalized spacial score (nSPS) is 25.8. The quantitative estimate of drug-likeness (QED) is 0.431. The second-order valence-electron chi connectivity index (χ2n) is 8.22. The van der Waals surface area contributed by atoms with Gasteiger partial charge < -0.3 is 34.3 Å². The highest BCUT2D eigenvalue weighted by Crippen LogP contribution is 2.42. The van der Waals surface area contributed by atoms with Crippen LogP contribution in [0.2, 0.25) is 0 Å². The molecule has 5 atom stereocenters. The van der Waals surface area contributed by atoms with Gasteiger partial charge in [0.05, 0.1) is 30.6 Å². The van der Waals surface area contributed by atoms with Gasteiger partial charge in [-0.1, -0.05) is 13.3 Å². The number of aliphatic hydroxyl groups excluding tert-OH is 4. The van der Waals surface area contributed by atoms with E-state index >= 15 is 0 Å². The van der Waals surface area contributed by atoms with Gasteiger partial charge >= 0.3 is 0 Å². The van der Waals surface area contributed by atoms with Crippen LogP contribution in [0.5, 0.6) is 5.75 Å². The third-order valence-corrected chi connectivity index (χ3v) is 5.61. The molecular weight excluding hydrogens is 420 g/mol. The second-order valence-corrected chi connectivity index (χ2v) is 8.22. The van der Waals surface area contributed by atoms with Gasteiger partial charge in [-0.2, -0.15) is 0 Å². The highest BCUT2D eigenvalue weighted by molar-refractivity contribution is 5.86. The fourth-order valence-corrected chi connectivity index (χ4v) is 3.95. The largest absolute Gasteiger partial charge is 0.493 e. The zero-order valence-corrected chi connectivity index (χ0v) is 18.4. The van der Waals surface area contributed by atoms with Crippen molar-refractivity contribution in [2.45, 2.75) is 70.6 Å². The van der Waals surface area contributed by atoms with Crippen LogP contribution in [0, 0.1) is 6.92 Å². The molecule has 3 rings (SSSR count). The van der Waals surface area contributed by atoms with Crippen LogP contribution in [-0.4, -0.2) is 63.8 Å². The molecule has 32 heavy (non-hydrogen) atoms. The number of Topliss-reactive ketones (excluding diaryl/α,β-unsaturated/α-hetero) is 1. The van der Waals surface area contributed by atoms with Gasteiger partial charge in [-0.3, -0.25) is 9.59 Å². The van der Waals surface area contributed by atoms with E-state index < -0.39 is 37.1 Å². The molecule has 1 aliphatic heterocycles. The Balaban J connectivity index is 2.27. The van der Waals surface area contributed by atoms with Crippen molar-refractivity contribution < 1.29 is 39.1 Å². The van der Waals surface area contributed by atoms with Crippen molar-refractivity contribution in [2.24, 2.45) is 0 Å². The molecule has 2 heterocycles. The molecule has 176 valence electrons. The number of rotatable bonds is 8. The van der Waals surface area contributed by atoms with Crippen LogP contribution in [0.4, 0.5) is 0 Å². The first-order valence-corrected chi connectivity index (χ1v) is 10.7. The standard InChI is InChI=1S/C23H30O9/c1-4-5-6-30-15-7-11(2)17-14(26)9-13(8-12(3)25)31-22(17)18(15)23-21(29)20(28)19(27)16(10-24)32-23/h7,9,16,19-21,23-24,27-29H,4-6,8,10H2,1-3H3. The number of hydrogen-bond donors (Lipinski definition) is 4. The number of hydrogen-bond acceptors (Lipinski definition) is 9. The fraction of sp³-hybridized carbons (Fsp3) is 0.565. The molecule has 1 saturated heterocycles. The molecule has 9 heteroatoms. The number of ether oxygens (including phenoxy) is 2. The summed E-state index contributed by atoms with van der Waals surface area (Å²) in [4.78, 5) is 24.5. The molecule has 2 aromatic rings. The van der Waals surface area contributed by atoms with Crippen LogP contribution >= 0.6 is 0 Å². The lowest BCUT2D eigenvalue weighted by Crippen LogP contribution is -2.55. The van der Waals surface area contributed by atoms with Gasteiger partial charge in [0.1, 0.15) is 53.4 Å². The zero-order valence-electron chi connectivity index (χ0n) is 18.4. The van der Waals surface area contributed by atoms with Crippen LogP contribution < -0.4 is 10.2 Å². The molecule has 1 fully saturated rings. The smallest absolute Gasteiger partial charge is 0.193 e. The summed E-state index contributed by atoms with van der Waals surface area (Å²) in [5.41, 5.74) is 0.458. The Morgan fingerprint density at radius 1 is 1.16 bits per heavy atom. The molecule has 9 nitrogen and oxygen atoms in total. The van der Waals surface area contributed by atoms with Gasteiger partial charge in [0.15, 0.2) is 5.43 Å². The maximum absolute atomic E-state index is 12.9. The van der Waals surface area contributed by atoms with Crippen LogP contribution in [0.25, 0.3) is 11.0 Å². The number of carbonyl (C=O) groups excluding carboxylic acids is 1. The molecule has 0 spiro atoms. The van der Waals surface area contributed by atoms with E-state index in [1.165, 1.54) is 13.0 Å². The van der Waals surface area contributed by atoms with E-state index in [0.717, 1.165) is 12.8 Å². The van der Waals surface area contributed by atoms with E-state index in [1.54, 1.807) is 13.0 Å². The summed E-state index contributed by atoms with van der Waals surface area (Å²) in [6.07, 6.45) is -5.62. The molecule has 0 amide bonds. The van der Waals surface area contributed by atoms with E-state index in [1.807, 2.05) is 6.92 Å². The van der Waals surface area contributed by atoms with Crippen molar-refractivity contribution >= 4 is 16.8 Å². The van der Waals surface area contributed by atoms with Gasteiger partial charge in [0.2, 0.25) is 0 Å². The van der Waals surface area contributed by atoms with Crippen molar-refractivity contribution in [2.75, 3.05) is 13.2 Å². The molecule has 0 aliphatic carbocycles. The first-order valence-electron chi connectivity index (χ1n) is 10.7. The lowest BCUT2D eigenvalue weighted by Gasteiger charge is -2.40. The molecule has 0 bridgehead atoms. The lowest BCUT2D eigenvalue weighted by atomic mass is 9.89. The average Bonchev–Trinajstić information content (AvgIpc) is 2.72. The summed E-state index contributed by atoms with van der Waals surface area (Å²) >= 11 is 0. The number of fused-ring (bicyclic) bond motifs is 1. The molecule has 0 radical (unpaired) electrons. The van der Waals surface area contributed by atoms with Gasteiger partial charge in [-0.25, -0.2) is 0 Å². The monoisotopic (exact) mass is 450 g/mol. The number of aryl methyl sites for hydroxylation is 1. The number of ketones is 1. The van der Waals surface area contributed by atoms with E-state index in [2.05, 4.69) is 0 Å². The summed E-state index contributed by atoms with van der Waals surface area (Å²) < 4.78 is 17.6. The van der Waals surface area contributed by atoms with Crippen LogP contribution in [0.15, 0.2) is 21.3 Å². The van der Waals surface area contributed by atoms with E-state index in [-0.39, 0.29) is 45.7 Å². The van der Waals surface area contributed by atoms with Crippen molar-refractivity contribution in [1.82, 2.24) is 0 Å². The molecule has 4 N–H and O–H groups in total. The molecule has 1 aromatic heterocycles. The average molecular weight is 450 g/mol. The zero-order chi connectivity index (χ0) is 23.6.